The average molecular weight is 304 g/mol. The molecule has 106 valence electrons. The molecule has 0 bridgehead atoms. The van der Waals surface area contributed by atoms with Crippen LogP contribution in [0.15, 0.2) is 18.2 Å². The Kier molecular flexibility index (Phi) is 5.34. The van der Waals surface area contributed by atoms with Gasteiger partial charge in [0.15, 0.2) is 0 Å². The molecule has 0 aromatic heterocycles. The van der Waals surface area contributed by atoms with Crippen molar-refractivity contribution in [1.29, 1.82) is 0 Å². The quantitative estimate of drug-likeness (QED) is 0.848. The Balaban J connectivity index is 1.69. The lowest BCUT2D eigenvalue weighted by atomic mass is 9.82. The molecule has 19 heavy (non-hydrogen) atoms. The fourth-order valence-electron chi connectivity index (χ4n) is 2.21. The molecule has 1 unspecified atom stereocenters. The maximum Gasteiger partial charge on any atom is 0.138 e. The van der Waals surface area contributed by atoms with Crippen LogP contribution in [0.1, 0.15) is 19.8 Å². The Morgan fingerprint density at radius 1 is 1.42 bits per heavy atom. The van der Waals surface area contributed by atoms with Gasteiger partial charge in [-0.15, -0.1) is 0 Å². The summed E-state index contributed by atoms with van der Waals surface area (Å²) in [6, 6.07) is 5.59. The van der Waals surface area contributed by atoms with E-state index in [9.17, 15) is 5.11 Å². The smallest absolute Gasteiger partial charge is 0.138 e. The first-order valence-electron chi connectivity index (χ1n) is 6.54. The summed E-state index contributed by atoms with van der Waals surface area (Å²) < 4.78 is 5.48. The van der Waals surface area contributed by atoms with Crippen LogP contribution in [0.2, 0.25) is 10.0 Å². The number of nitrogens with one attached hydrogen (secondary N) is 1. The van der Waals surface area contributed by atoms with Gasteiger partial charge in [-0.2, -0.15) is 0 Å². The second-order valence-corrected chi connectivity index (χ2v) is 6.06. The molecule has 0 amide bonds. The predicted octanol–water partition coefficient (Wildman–Crippen LogP) is 3.12. The lowest BCUT2D eigenvalue weighted by Crippen LogP contribution is -2.44. The fraction of sp³-hybridized carbons (Fsp3) is 0.571. The van der Waals surface area contributed by atoms with Crippen LogP contribution < -0.4 is 10.1 Å². The van der Waals surface area contributed by atoms with Crippen molar-refractivity contribution in [3.8, 4) is 5.75 Å². The molecule has 2 N–H and O–H groups in total. The van der Waals surface area contributed by atoms with Gasteiger partial charge in [-0.3, -0.25) is 0 Å². The first-order chi connectivity index (χ1) is 9.04. The molecule has 0 heterocycles. The van der Waals surface area contributed by atoms with Gasteiger partial charge >= 0.3 is 0 Å². The Hall–Kier alpha value is -0.480. The van der Waals surface area contributed by atoms with E-state index in [2.05, 4.69) is 12.2 Å². The number of aliphatic hydroxyl groups is 1. The fourth-order valence-corrected chi connectivity index (χ4v) is 2.67. The van der Waals surface area contributed by atoms with Crippen LogP contribution in [0.5, 0.6) is 5.75 Å². The zero-order valence-corrected chi connectivity index (χ0v) is 12.4. The summed E-state index contributed by atoms with van der Waals surface area (Å²) in [7, 11) is 0. The summed E-state index contributed by atoms with van der Waals surface area (Å²) in [5.41, 5.74) is 0. The summed E-state index contributed by atoms with van der Waals surface area (Å²) in [6.45, 7) is 3.00. The summed E-state index contributed by atoms with van der Waals surface area (Å²) in [4.78, 5) is 0. The van der Waals surface area contributed by atoms with Crippen LogP contribution in [0.25, 0.3) is 0 Å². The van der Waals surface area contributed by atoms with Gasteiger partial charge in [0.25, 0.3) is 0 Å². The molecule has 1 atom stereocenters. The molecule has 1 aliphatic rings. The van der Waals surface area contributed by atoms with Gasteiger partial charge in [0.1, 0.15) is 18.5 Å². The minimum Gasteiger partial charge on any atom is -0.489 e. The zero-order valence-electron chi connectivity index (χ0n) is 10.9. The van der Waals surface area contributed by atoms with E-state index in [0.717, 1.165) is 5.92 Å². The maximum atomic E-state index is 9.83. The summed E-state index contributed by atoms with van der Waals surface area (Å²) >= 11 is 11.8. The second-order valence-electron chi connectivity index (χ2n) is 5.22. The molecule has 1 aromatic carbocycles. The Bertz CT molecular complexity index is 422. The summed E-state index contributed by atoms with van der Waals surface area (Å²) in [5, 5.41) is 14.2. The molecule has 1 aromatic rings. The Morgan fingerprint density at radius 2 is 2.16 bits per heavy atom. The van der Waals surface area contributed by atoms with E-state index >= 15 is 0 Å². The van der Waals surface area contributed by atoms with Crippen molar-refractivity contribution in [2.45, 2.75) is 31.9 Å². The number of hydrogen-bond donors (Lipinski definition) is 2. The number of hydrogen-bond acceptors (Lipinski definition) is 3. The standard InChI is InChI=1S/C14H19Cl2NO2/c1-9-4-11(5-9)17-7-12(18)8-19-14-3-2-10(15)6-13(14)16/h2-3,6,9,11-12,17-18H,4-5,7-8H2,1H3. The third-order valence-corrected chi connectivity index (χ3v) is 3.87. The van der Waals surface area contributed by atoms with E-state index in [1.807, 2.05) is 0 Å². The number of rotatable bonds is 6. The molecular formula is C14H19Cl2NO2. The van der Waals surface area contributed by atoms with Crippen LogP contribution in [0.4, 0.5) is 0 Å². The molecule has 1 aliphatic carbocycles. The number of aliphatic hydroxyl groups excluding tert-OH is 1. The molecule has 0 saturated heterocycles. The SMILES string of the molecule is CC1CC(NCC(O)COc2ccc(Cl)cc2Cl)C1. The van der Waals surface area contributed by atoms with E-state index in [1.165, 1.54) is 12.8 Å². The van der Waals surface area contributed by atoms with Crippen molar-refractivity contribution in [3.05, 3.63) is 28.2 Å². The maximum absolute atomic E-state index is 9.83. The third-order valence-electron chi connectivity index (χ3n) is 3.34. The number of halogens is 2. The van der Waals surface area contributed by atoms with E-state index in [-0.39, 0.29) is 6.61 Å². The highest BCUT2D eigenvalue weighted by atomic mass is 35.5. The van der Waals surface area contributed by atoms with E-state index in [0.29, 0.717) is 28.4 Å². The van der Waals surface area contributed by atoms with Crippen molar-refractivity contribution in [2.75, 3.05) is 13.2 Å². The van der Waals surface area contributed by atoms with Gasteiger partial charge in [0.05, 0.1) is 5.02 Å². The Labute approximate surface area is 123 Å². The lowest BCUT2D eigenvalue weighted by molar-refractivity contribution is 0.0956. The molecular weight excluding hydrogens is 285 g/mol. The number of benzene rings is 1. The van der Waals surface area contributed by atoms with Crippen molar-refractivity contribution in [2.24, 2.45) is 5.92 Å². The van der Waals surface area contributed by atoms with Crippen molar-refractivity contribution >= 4 is 23.2 Å². The van der Waals surface area contributed by atoms with E-state index < -0.39 is 6.10 Å². The average Bonchev–Trinajstić information content (AvgIpc) is 2.32. The molecule has 1 fully saturated rings. The summed E-state index contributed by atoms with van der Waals surface area (Å²) in [6.07, 6.45) is 1.84. The number of ether oxygens (including phenoxy) is 1. The molecule has 0 aliphatic heterocycles. The van der Waals surface area contributed by atoms with Crippen LogP contribution in [0.3, 0.4) is 0 Å². The van der Waals surface area contributed by atoms with Crippen LogP contribution in [-0.2, 0) is 0 Å². The topological polar surface area (TPSA) is 41.5 Å². The Morgan fingerprint density at radius 3 is 2.79 bits per heavy atom. The van der Waals surface area contributed by atoms with Gasteiger partial charge in [-0.1, -0.05) is 30.1 Å². The van der Waals surface area contributed by atoms with Gasteiger partial charge < -0.3 is 15.2 Å². The van der Waals surface area contributed by atoms with Crippen LogP contribution in [-0.4, -0.2) is 30.4 Å². The minimum absolute atomic E-state index is 0.219. The minimum atomic E-state index is -0.539. The molecule has 0 spiro atoms. The monoisotopic (exact) mass is 303 g/mol. The van der Waals surface area contributed by atoms with E-state index in [4.69, 9.17) is 27.9 Å². The van der Waals surface area contributed by atoms with Crippen molar-refractivity contribution in [3.63, 3.8) is 0 Å². The predicted molar refractivity (Wildman–Crippen MR) is 78.2 cm³/mol. The van der Waals surface area contributed by atoms with Crippen molar-refractivity contribution < 1.29 is 9.84 Å². The molecule has 5 heteroatoms. The molecule has 3 nitrogen and oxygen atoms in total. The summed E-state index contributed by atoms with van der Waals surface area (Å²) in [5.74, 6) is 1.35. The van der Waals surface area contributed by atoms with Crippen LogP contribution in [0, 0.1) is 5.92 Å². The molecule has 1 saturated carbocycles. The zero-order chi connectivity index (χ0) is 13.8. The highest BCUT2D eigenvalue weighted by Crippen LogP contribution is 2.28. The lowest BCUT2D eigenvalue weighted by Gasteiger charge is -2.34. The van der Waals surface area contributed by atoms with Crippen LogP contribution >= 0.6 is 23.2 Å². The van der Waals surface area contributed by atoms with Crippen molar-refractivity contribution in [1.82, 2.24) is 5.32 Å². The molecule has 0 radical (unpaired) electrons. The first kappa shape index (κ1) is 14.9. The van der Waals surface area contributed by atoms with Gasteiger partial charge in [0, 0.05) is 17.6 Å². The van der Waals surface area contributed by atoms with E-state index in [1.54, 1.807) is 18.2 Å². The highest BCUT2D eigenvalue weighted by molar-refractivity contribution is 6.35. The van der Waals surface area contributed by atoms with Gasteiger partial charge in [0.2, 0.25) is 0 Å². The largest absolute Gasteiger partial charge is 0.489 e. The third kappa shape index (κ3) is 4.53. The highest BCUT2D eigenvalue weighted by Gasteiger charge is 2.25. The molecule has 2 rings (SSSR count). The van der Waals surface area contributed by atoms with Gasteiger partial charge in [-0.05, 0) is 37.0 Å². The first-order valence-corrected chi connectivity index (χ1v) is 7.29. The normalized spacial score (nSPS) is 23.8. The van der Waals surface area contributed by atoms with Gasteiger partial charge in [-0.25, -0.2) is 0 Å². The second kappa shape index (κ2) is 6.80.